The van der Waals surface area contributed by atoms with Crippen LogP contribution in [0.2, 0.25) is 0 Å². The number of hydrogen-bond acceptors (Lipinski definition) is 5. The first-order valence-electron chi connectivity index (χ1n) is 9.11. The summed E-state index contributed by atoms with van der Waals surface area (Å²) in [5, 5.41) is 2.63. The van der Waals surface area contributed by atoms with Gasteiger partial charge in [-0.1, -0.05) is 24.3 Å². The van der Waals surface area contributed by atoms with Crippen molar-refractivity contribution >= 4 is 17.0 Å². The predicted molar refractivity (Wildman–Crippen MR) is 106 cm³/mol. The van der Waals surface area contributed by atoms with Gasteiger partial charge in [-0.05, 0) is 42.0 Å². The van der Waals surface area contributed by atoms with Crippen LogP contribution in [0.15, 0.2) is 75.8 Å². The molecule has 6 heteroatoms. The van der Waals surface area contributed by atoms with Crippen LogP contribution in [-0.4, -0.2) is 22.8 Å². The van der Waals surface area contributed by atoms with Gasteiger partial charge in [0.05, 0.1) is 19.4 Å². The number of fused-ring (bicyclic) bond motifs is 1. The zero-order valence-electron chi connectivity index (χ0n) is 15.6. The molecule has 0 unspecified atom stereocenters. The Bertz CT molecular complexity index is 1020. The van der Waals surface area contributed by atoms with Crippen LogP contribution in [0.3, 0.4) is 0 Å². The zero-order valence-corrected chi connectivity index (χ0v) is 15.6. The monoisotopic (exact) mass is 375 g/mol. The number of carbonyl (C=O) groups is 1. The van der Waals surface area contributed by atoms with E-state index in [1.807, 2.05) is 60.7 Å². The summed E-state index contributed by atoms with van der Waals surface area (Å²) in [6, 6.07) is 19.2. The second-order valence-electron chi connectivity index (χ2n) is 6.58. The molecule has 0 saturated carbocycles. The lowest BCUT2D eigenvalue weighted by molar-refractivity contribution is 0.0963. The average Bonchev–Trinajstić information content (AvgIpc) is 3.37. The van der Waals surface area contributed by atoms with Crippen molar-refractivity contribution in [1.82, 2.24) is 15.2 Å². The van der Waals surface area contributed by atoms with Gasteiger partial charge in [0, 0.05) is 19.2 Å². The van der Waals surface area contributed by atoms with Crippen molar-refractivity contribution < 1.29 is 13.6 Å². The van der Waals surface area contributed by atoms with Gasteiger partial charge in [0.25, 0.3) is 5.91 Å². The molecular formula is C22H21N3O3. The van der Waals surface area contributed by atoms with Crippen molar-refractivity contribution in [2.24, 2.45) is 0 Å². The zero-order chi connectivity index (χ0) is 19.3. The normalized spacial score (nSPS) is 11.2. The summed E-state index contributed by atoms with van der Waals surface area (Å²) >= 11 is 0. The van der Waals surface area contributed by atoms with E-state index in [4.69, 9.17) is 8.83 Å². The highest BCUT2D eigenvalue weighted by atomic mass is 16.3. The molecule has 1 amide bonds. The third kappa shape index (κ3) is 4.13. The number of furan rings is 1. The first-order valence-corrected chi connectivity index (χ1v) is 9.11. The Balaban J connectivity index is 1.53. The molecule has 0 atom stereocenters. The summed E-state index contributed by atoms with van der Waals surface area (Å²) in [6.45, 7) is 1.85. The second-order valence-corrected chi connectivity index (χ2v) is 6.58. The number of para-hydroxylation sites is 2. The molecule has 6 nitrogen and oxygen atoms in total. The van der Waals surface area contributed by atoms with E-state index in [0.29, 0.717) is 31.1 Å². The molecule has 0 bridgehead atoms. The van der Waals surface area contributed by atoms with Crippen LogP contribution < -0.4 is 5.32 Å². The maximum Gasteiger partial charge on any atom is 0.251 e. The summed E-state index contributed by atoms with van der Waals surface area (Å²) in [7, 11) is 1.63. The Morgan fingerprint density at radius 3 is 2.54 bits per heavy atom. The fourth-order valence-corrected chi connectivity index (χ4v) is 3.13. The van der Waals surface area contributed by atoms with Gasteiger partial charge in [-0.2, -0.15) is 0 Å². The molecule has 28 heavy (non-hydrogen) atoms. The minimum atomic E-state index is -0.0922. The molecule has 0 radical (unpaired) electrons. The average molecular weight is 375 g/mol. The van der Waals surface area contributed by atoms with Gasteiger partial charge in [-0.15, -0.1) is 0 Å². The highest BCUT2D eigenvalue weighted by Crippen LogP contribution is 2.19. The minimum absolute atomic E-state index is 0.0922. The molecule has 0 saturated heterocycles. The third-order valence-electron chi connectivity index (χ3n) is 4.51. The lowest BCUT2D eigenvalue weighted by Crippen LogP contribution is -2.22. The highest BCUT2D eigenvalue weighted by Gasteiger charge is 2.14. The van der Waals surface area contributed by atoms with Gasteiger partial charge < -0.3 is 14.2 Å². The van der Waals surface area contributed by atoms with E-state index < -0.39 is 0 Å². The number of oxazole rings is 1. The molecule has 1 N–H and O–H groups in total. The molecule has 0 aliphatic rings. The summed E-state index contributed by atoms with van der Waals surface area (Å²) in [6.07, 6.45) is 1.67. The number of hydrogen-bond donors (Lipinski definition) is 1. The van der Waals surface area contributed by atoms with Crippen LogP contribution >= 0.6 is 0 Å². The van der Waals surface area contributed by atoms with Crippen molar-refractivity contribution in [3.63, 3.8) is 0 Å². The Kier molecular flexibility index (Phi) is 5.21. The van der Waals surface area contributed by atoms with Crippen molar-refractivity contribution in [2.45, 2.75) is 19.6 Å². The molecule has 2 heterocycles. The van der Waals surface area contributed by atoms with Crippen LogP contribution in [0.5, 0.6) is 0 Å². The fourth-order valence-electron chi connectivity index (χ4n) is 3.13. The van der Waals surface area contributed by atoms with Gasteiger partial charge in [0.2, 0.25) is 5.89 Å². The molecule has 0 aliphatic carbocycles. The van der Waals surface area contributed by atoms with E-state index in [9.17, 15) is 4.79 Å². The maximum atomic E-state index is 11.7. The summed E-state index contributed by atoms with van der Waals surface area (Å²) < 4.78 is 11.4. The van der Waals surface area contributed by atoms with Gasteiger partial charge in [-0.3, -0.25) is 9.69 Å². The third-order valence-corrected chi connectivity index (χ3v) is 4.51. The van der Waals surface area contributed by atoms with Crippen LogP contribution in [0.1, 0.15) is 27.6 Å². The van der Waals surface area contributed by atoms with Gasteiger partial charge >= 0.3 is 0 Å². The van der Waals surface area contributed by atoms with E-state index in [0.717, 1.165) is 22.4 Å². The van der Waals surface area contributed by atoms with E-state index in [2.05, 4.69) is 15.2 Å². The van der Waals surface area contributed by atoms with Crippen molar-refractivity contribution in [2.75, 3.05) is 7.05 Å². The highest BCUT2D eigenvalue weighted by molar-refractivity contribution is 5.93. The Morgan fingerprint density at radius 1 is 1.00 bits per heavy atom. The predicted octanol–water partition coefficient (Wildman–Crippen LogP) is 3.98. The molecule has 2 aromatic heterocycles. The quantitative estimate of drug-likeness (QED) is 0.529. The minimum Gasteiger partial charge on any atom is -0.468 e. The van der Waals surface area contributed by atoms with Crippen LogP contribution in [0.25, 0.3) is 11.1 Å². The Hall–Kier alpha value is -3.38. The number of nitrogens with zero attached hydrogens (tertiary/aromatic N) is 2. The van der Waals surface area contributed by atoms with Gasteiger partial charge in [-0.25, -0.2) is 4.98 Å². The first kappa shape index (κ1) is 18.0. The number of aromatic nitrogens is 1. The van der Waals surface area contributed by atoms with Crippen molar-refractivity contribution in [3.05, 3.63) is 89.7 Å². The number of rotatable bonds is 7. The summed E-state index contributed by atoms with van der Waals surface area (Å²) in [5.41, 5.74) is 3.37. The number of benzene rings is 2. The number of amides is 1. The molecule has 4 aromatic rings. The lowest BCUT2D eigenvalue weighted by Gasteiger charge is -2.19. The Labute approximate surface area is 162 Å². The largest absolute Gasteiger partial charge is 0.468 e. The first-order chi connectivity index (χ1) is 13.7. The Morgan fingerprint density at radius 2 is 1.82 bits per heavy atom. The number of carbonyl (C=O) groups excluding carboxylic acids is 1. The van der Waals surface area contributed by atoms with Crippen molar-refractivity contribution in [1.29, 1.82) is 0 Å². The van der Waals surface area contributed by atoms with Gasteiger partial charge in [0.15, 0.2) is 5.58 Å². The molecule has 2 aromatic carbocycles. The molecule has 4 rings (SSSR count). The van der Waals surface area contributed by atoms with E-state index in [-0.39, 0.29) is 5.91 Å². The van der Waals surface area contributed by atoms with E-state index >= 15 is 0 Å². The lowest BCUT2D eigenvalue weighted by atomic mass is 10.1. The number of nitrogens with one attached hydrogen (secondary N) is 1. The maximum absolute atomic E-state index is 11.7. The molecule has 142 valence electrons. The topological polar surface area (TPSA) is 71.5 Å². The molecular weight excluding hydrogens is 354 g/mol. The van der Waals surface area contributed by atoms with Crippen LogP contribution in [0.4, 0.5) is 0 Å². The van der Waals surface area contributed by atoms with Gasteiger partial charge in [0.1, 0.15) is 11.3 Å². The SMILES string of the molecule is CNC(=O)c1ccc(CN(Cc2ccco2)Cc2nc3ccccc3o2)cc1. The van der Waals surface area contributed by atoms with Crippen LogP contribution in [-0.2, 0) is 19.6 Å². The second kappa shape index (κ2) is 8.10. The molecule has 0 spiro atoms. The fraction of sp³-hybridized carbons (Fsp3) is 0.182. The standard InChI is InChI=1S/C22H21N3O3/c1-23-22(26)17-10-8-16(9-11-17)13-25(14-18-5-4-12-27-18)15-21-24-19-6-2-3-7-20(19)28-21/h2-12H,13-15H2,1H3,(H,23,26). The summed E-state index contributed by atoms with van der Waals surface area (Å²) in [4.78, 5) is 18.5. The van der Waals surface area contributed by atoms with E-state index in [1.165, 1.54) is 0 Å². The summed E-state index contributed by atoms with van der Waals surface area (Å²) in [5.74, 6) is 1.44. The molecule has 0 aliphatic heterocycles. The van der Waals surface area contributed by atoms with Crippen molar-refractivity contribution in [3.8, 4) is 0 Å². The van der Waals surface area contributed by atoms with E-state index in [1.54, 1.807) is 13.3 Å². The molecule has 0 fully saturated rings. The smallest absolute Gasteiger partial charge is 0.251 e. The van der Waals surface area contributed by atoms with Crippen LogP contribution in [0, 0.1) is 0 Å².